The summed E-state index contributed by atoms with van der Waals surface area (Å²) in [6, 6.07) is 0. The van der Waals surface area contributed by atoms with Gasteiger partial charge in [0.15, 0.2) is 5.15 Å². The summed E-state index contributed by atoms with van der Waals surface area (Å²) in [5.41, 5.74) is 1.02. The average molecular weight is 258 g/mol. The molecule has 17 heavy (non-hydrogen) atoms. The lowest BCUT2D eigenvalue weighted by atomic mass is 10.1. The third kappa shape index (κ3) is 5.55. The number of nitrogens with zero attached hydrogens (tertiary/aromatic N) is 1. The standard InChI is InChI=1S/C13H24ClN3/c1-4-5-6-12-16-11(13(14)17-12)9-15-8-7-10(2)3/h10,15H,4-9H2,1-3H3,(H,16,17). The monoisotopic (exact) mass is 257 g/mol. The lowest BCUT2D eigenvalue weighted by Crippen LogP contribution is -2.16. The van der Waals surface area contributed by atoms with E-state index in [1.165, 1.54) is 12.8 Å². The highest BCUT2D eigenvalue weighted by Gasteiger charge is 2.07. The Kier molecular flexibility index (Phi) is 6.60. The van der Waals surface area contributed by atoms with E-state index in [0.29, 0.717) is 5.15 Å². The molecule has 0 saturated carbocycles. The van der Waals surface area contributed by atoms with Crippen LogP contribution in [0.25, 0.3) is 0 Å². The number of imidazole rings is 1. The van der Waals surface area contributed by atoms with Gasteiger partial charge in [0, 0.05) is 13.0 Å². The molecule has 0 aliphatic carbocycles. The zero-order valence-electron chi connectivity index (χ0n) is 11.1. The van der Waals surface area contributed by atoms with E-state index in [1.807, 2.05) is 0 Å². The minimum atomic E-state index is 0.619. The number of H-pyrrole nitrogens is 1. The van der Waals surface area contributed by atoms with Gasteiger partial charge in [-0.3, -0.25) is 0 Å². The Morgan fingerprint density at radius 3 is 2.82 bits per heavy atom. The molecular formula is C13H24ClN3. The maximum Gasteiger partial charge on any atom is 0.151 e. The fourth-order valence-corrected chi connectivity index (χ4v) is 1.84. The summed E-state index contributed by atoms with van der Waals surface area (Å²) in [4.78, 5) is 7.63. The molecule has 3 nitrogen and oxygen atoms in total. The van der Waals surface area contributed by atoms with E-state index in [9.17, 15) is 0 Å². The largest absolute Gasteiger partial charge is 0.344 e. The Labute approximate surface area is 109 Å². The molecule has 1 heterocycles. The summed E-state index contributed by atoms with van der Waals surface area (Å²) in [5.74, 6) is 1.75. The Morgan fingerprint density at radius 2 is 2.18 bits per heavy atom. The van der Waals surface area contributed by atoms with Gasteiger partial charge < -0.3 is 10.3 Å². The Hall–Kier alpha value is -0.540. The molecule has 0 unspecified atom stereocenters. The quantitative estimate of drug-likeness (QED) is 0.700. The molecular weight excluding hydrogens is 234 g/mol. The van der Waals surface area contributed by atoms with Crippen molar-refractivity contribution in [1.29, 1.82) is 0 Å². The first-order chi connectivity index (χ1) is 8.13. The van der Waals surface area contributed by atoms with E-state index in [1.54, 1.807) is 0 Å². The van der Waals surface area contributed by atoms with Crippen molar-refractivity contribution >= 4 is 11.6 Å². The number of aromatic amines is 1. The van der Waals surface area contributed by atoms with Crippen LogP contribution in [0.5, 0.6) is 0 Å². The van der Waals surface area contributed by atoms with Gasteiger partial charge in [0.25, 0.3) is 0 Å². The third-order valence-electron chi connectivity index (χ3n) is 2.74. The van der Waals surface area contributed by atoms with Gasteiger partial charge in [-0.15, -0.1) is 0 Å². The van der Waals surface area contributed by atoms with Gasteiger partial charge in [0.05, 0.1) is 5.69 Å². The smallest absolute Gasteiger partial charge is 0.151 e. The predicted molar refractivity (Wildman–Crippen MR) is 73.4 cm³/mol. The van der Waals surface area contributed by atoms with Gasteiger partial charge in [-0.25, -0.2) is 4.98 Å². The second-order valence-electron chi connectivity index (χ2n) is 4.92. The van der Waals surface area contributed by atoms with Crippen LogP contribution in [0.15, 0.2) is 0 Å². The van der Waals surface area contributed by atoms with Crippen LogP contribution in [0, 0.1) is 5.92 Å². The van der Waals surface area contributed by atoms with Crippen molar-refractivity contribution in [2.45, 2.75) is 53.0 Å². The molecule has 1 aromatic rings. The number of halogens is 1. The number of aryl methyl sites for hydroxylation is 1. The molecule has 0 radical (unpaired) electrons. The molecule has 4 heteroatoms. The van der Waals surface area contributed by atoms with Gasteiger partial charge >= 0.3 is 0 Å². The fourth-order valence-electron chi connectivity index (χ4n) is 1.62. The number of rotatable bonds is 8. The topological polar surface area (TPSA) is 40.7 Å². The first-order valence-electron chi connectivity index (χ1n) is 6.57. The highest BCUT2D eigenvalue weighted by atomic mass is 35.5. The SMILES string of the molecule is CCCCc1nc(Cl)c(CNCCC(C)C)[nH]1. The summed E-state index contributed by atoms with van der Waals surface area (Å²) in [6.07, 6.45) is 4.51. The summed E-state index contributed by atoms with van der Waals surface area (Å²) < 4.78 is 0. The number of unbranched alkanes of at least 4 members (excludes halogenated alkanes) is 1. The van der Waals surface area contributed by atoms with Crippen molar-refractivity contribution in [2.75, 3.05) is 6.54 Å². The minimum absolute atomic E-state index is 0.619. The van der Waals surface area contributed by atoms with E-state index in [-0.39, 0.29) is 0 Å². The van der Waals surface area contributed by atoms with Gasteiger partial charge in [-0.05, 0) is 25.3 Å². The van der Waals surface area contributed by atoms with Gasteiger partial charge in [0.1, 0.15) is 5.82 Å². The maximum atomic E-state index is 6.08. The van der Waals surface area contributed by atoms with Crippen molar-refractivity contribution in [2.24, 2.45) is 5.92 Å². The molecule has 98 valence electrons. The fraction of sp³-hybridized carbons (Fsp3) is 0.769. The van der Waals surface area contributed by atoms with Crippen LogP contribution in [0.1, 0.15) is 51.6 Å². The van der Waals surface area contributed by atoms with Crippen molar-refractivity contribution in [1.82, 2.24) is 15.3 Å². The highest BCUT2D eigenvalue weighted by molar-refractivity contribution is 6.30. The molecule has 0 aromatic carbocycles. The summed E-state index contributed by atoms with van der Waals surface area (Å²) >= 11 is 6.08. The van der Waals surface area contributed by atoms with Gasteiger partial charge in [0.2, 0.25) is 0 Å². The average Bonchev–Trinajstić information content (AvgIpc) is 2.62. The molecule has 0 aliphatic heterocycles. The summed E-state index contributed by atoms with van der Waals surface area (Å²) in [7, 11) is 0. The van der Waals surface area contributed by atoms with Crippen molar-refractivity contribution < 1.29 is 0 Å². The molecule has 0 aliphatic rings. The number of hydrogen-bond donors (Lipinski definition) is 2. The van der Waals surface area contributed by atoms with E-state index >= 15 is 0 Å². The third-order valence-corrected chi connectivity index (χ3v) is 3.06. The van der Waals surface area contributed by atoms with Crippen molar-refractivity contribution in [3.8, 4) is 0 Å². The number of aromatic nitrogens is 2. The number of hydrogen-bond acceptors (Lipinski definition) is 2. The minimum Gasteiger partial charge on any atom is -0.344 e. The molecule has 0 spiro atoms. The molecule has 0 bridgehead atoms. The molecule has 0 fully saturated rings. The second-order valence-corrected chi connectivity index (χ2v) is 5.27. The van der Waals surface area contributed by atoms with Gasteiger partial charge in [-0.2, -0.15) is 0 Å². The zero-order chi connectivity index (χ0) is 12.7. The lowest BCUT2D eigenvalue weighted by molar-refractivity contribution is 0.535. The summed E-state index contributed by atoms with van der Waals surface area (Å²) in [5, 5.41) is 4.01. The first kappa shape index (κ1) is 14.5. The van der Waals surface area contributed by atoms with E-state index < -0.39 is 0 Å². The molecule has 0 atom stereocenters. The van der Waals surface area contributed by atoms with Crippen LogP contribution < -0.4 is 5.32 Å². The van der Waals surface area contributed by atoms with E-state index in [2.05, 4.69) is 36.1 Å². The van der Waals surface area contributed by atoms with Crippen LogP contribution in [0.2, 0.25) is 5.15 Å². The Balaban J connectivity index is 2.34. The Morgan fingerprint density at radius 1 is 1.41 bits per heavy atom. The first-order valence-corrected chi connectivity index (χ1v) is 6.95. The Bertz CT molecular complexity index is 320. The molecule has 0 amide bonds. The van der Waals surface area contributed by atoms with Crippen molar-refractivity contribution in [3.05, 3.63) is 16.7 Å². The van der Waals surface area contributed by atoms with Crippen molar-refractivity contribution in [3.63, 3.8) is 0 Å². The van der Waals surface area contributed by atoms with E-state index in [0.717, 1.165) is 43.4 Å². The van der Waals surface area contributed by atoms with Crippen LogP contribution >= 0.6 is 11.6 Å². The zero-order valence-corrected chi connectivity index (χ0v) is 11.9. The molecule has 2 N–H and O–H groups in total. The van der Waals surface area contributed by atoms with Crippen LogP contribution in [0.3, 0.4) is 0 Å². The van der Waals surface area contributed by atoms with Crippen LogP contribution in [0.4, 0.5) is 0 Å². The molecule has 1 rings (SSSR count). The van der Waals surface area contributed by atoms with Crippen LogP contribution in [-0.2, 0) is 13.0 Å². The maximum absolute atomic E-state index is 6.08. The van der Waals surface area contributed by atoms with E-state index in [4.69, 9.17) is 11.6 Å². The highest BCUT2D eigenvalue weighted by Crippen LogP contribution is 2.14. The number of nitrogens with one attached hydrogen (secondary N) is 2. The molecule has 0 saturated heterocycles. The second kappa shape index (κ2) is 7.72. The molecule has 1 aromatic heterocycles. The lowest BCUT2D eigenvalue weighted by Gasteiger charge is -2.05. The predicted octanol–water partition coefficient (Wildman–Crippen LogP) is 3.54. The van der Waals surface area contributed by atoms with Crippen LogP contribution in [-0.4, -0.2) is 16.5 Å². The normalized spacial score (nSPS) is 11.4. The van der Waals surface area contributed by atoms with Gasteiger partial charge in [-0.1, -0.05) is 38.8 Å². The summed E-state index contributed by atoms with van der Waals surface area (Å²) in [6.45, 7) is 8.45.